The van der Waals surface area contributed by atoms with E-state index in [0.717, 1.165) is 61.1 Å². The second kappa shape index (κ2) is 33.1. The number of hydrogen-bond donors (Lipinski definition) is 0. The zero-order valence-corrected chi connectivity index (χ0v) is 67.0. The summed E-state index contributed by atoms with van der Waals surface area (Å²) in [5.74, 6) is -0.536. The molecule has 0 amide bonds. The number of halogens is 2. The first kappa shape index (κ1) is 77.0. The molecule has 0 spiro atoms. The van der Waals surface area contributed by atoms with Crippen LogP contribution in [-0.4, -0.2) is 39.3 Å². The van der Waals surface area contributed by atoms with E-state index >= 15 is 0 Å². The molecule has 19 rings (SSSR count). The Morgan fingerprint density at radius 2 is 0.667 bits per heavy atom. The maximum Gasteiger partial charge on any atom is 1.00 e. The number of fused-ring (bicyclic) bond motifs is 4. The van der Waals surface area contributed by atoms with Crippen LogP contribution in [0, 0.1) is 11.6 Å². The summed E-state index contributed by atoms with van der Waals surface area (Å²) in [6, 6.07) is 128. The van der Waals surface area contributed by atoms with E-state index in [1.807, 2.05) is 42.5 Å². The number of benzene rings is 18. The van der Waals surface area contributed by atoms with Crippen LogP contribution in [0.3, 0.4) is 0 Å². The largest absolute Gasteiger partial charge is 1.00 e. The Kier molecular flexibility index (Phi) is 22.4. The minimum atomic E-state index is -1.51. The summed E-state index contributed by atoms with van der Waals surface area (Å²) >= 11 is 0. The summed E-state index contributed by atoms with van der Waals surface area (Å²) in [7, 11) is 0.726. The van der Waals surface area contributed by atoms with Gasteiger partial charge in [0.2, 0.25) is 0 Å². The molecule has 1 heterocycles. The molecule has 0 aliphatic carbocycles. The summed E-state index contributed by atoms with van der Waals surface area (Å²) in [5.41, 5.74) is 18.8. The van der Waals surface area contributed by atoms with Gasteiger partial charge in [-0.25, -0.2) is 8.78 Å². The van der Waals surface area contributed by atoms with Gasteiger partial charge < -0.3 is 14.9 Å². The van der Waals surface area contributed by atoms with Crippen molar-refractivity contribution in [2.45, 2.75) is 39.3 Å². The van der Waals surface area contributed by atoms with E-state index in [9.17, 15) is 13.9 Å². The number of para-hydroxylation sites is 1. The van der Waals surface area contributed by atoms with Crippen molar-refractivity contribution in [1.29, 1.82) is 1.34 Å². The van der Waals surface area contributed by atoms with Crippen molar-refractivity contribution >= 4 is 153 Å². The number of aromatic nitrogens is 1. The first-order valence-corrected chi connectivity index (χ1v) is 44.9. The normalized spacial score (nSPS) is 11.4. The van der Waals surface area contributed by atoms with Gasteiger partial charge in [0.05, 0.1) is 33.0 Å². The molecule has 18 aromatic carbocycles. The quantitative estimate of drug-likeness (QED) is 0.0655. The first-order valence-electron chi connectivity index (χ1n) is 38.5. The van der Waals surface area contributed by atoms with Gasteiger partial charge >= 0.3 is 18.9 Å². The van der Waals surface area contributed by atoms with Crippen molar-refractivity contribution in [1.82, 2.24) is 4.98 Å². The Morgan fingerprint density at radius 3 is 1.11 bits per heavy atom. The Labute approximate surface area is 685 Å². The number of pyridine rings is 1. The summed E-state index contributed by atoms with van der Waals surface area (Å²) in [6.45, 7) is 14.1. The molecular formula is C103H81B2F2LiN3OSi2. The number of anilines is 6. The van der Waals surface area contributed by atoms with E-state index in [1.54, 1.807) is 12.3 Å². The SMILES string of the molecule is C[Si](C)(C)c1ccc(N(c2ccc(F)cc2)c2ccc3ccc4c(N(c5ccc(F)cc5)c5ccc([Si](C)(C)C)cc5)ccc5ccc2c3c54)cc1.[2H][B].[B].[Li+].[O-]c1cccc2cccnc12.c1ccc(-c2ccc3ccc(-c4ccccc4)c(-c4ccc(-c5c6ccccc6c(-c6ccccc6)c6ccccc56)cc4)c3c2)cc1. The number of hydrogen-bond acceptors (Lipinski definition) is 4. The molecular weight excluding hydrogens is 1420 g/mol. The molecule has 5 radical (unpaired) electrons. The maximum absolute atomic E-state index is 14.3. The van der Waals surface area contributed by atoms with Crippen LogP contribution < -0.4 is 44.1 Å². The molecule has 0 fully saturated rings. The van der Waals surface area contributed by atoms with Gasteiger partial charge in [0.1, 0.15) is 11.6 Å². The van der Waals surface area contributed by atoms with Gasteiger partial charge in [0.25, 0.3) is 0 Å². The molecule has 0 atom stereocenters. The third kappa shape index (κ3) is 15.4. The molecule has 0 saturated heterocycles. The van der Waals surface area contributed by atoms with E-state index < -0.39 is 16.1 Å². The van der Waals surface area contributed by atoms with E-state index in [0.29, 0.717) is 5.52 Å². The predicted molar refractivity (Wildman–Crippen MR) is 486 cm³/mol. The van der Waals surface area contributed by atoms with Crippen LogP contribution in [0.2, 0.25) is 39.3 Å². The fourth-order valence-corrected chi connectivity index (χ4v) is 18.3. The van der Waals surface area contributed by atoms with Crippen molar-refractivity contribution in [3.05, 3.63) is 388 Å². The van der Waals surface area contributed by atoms with Gasteiger partial charge in [-0.3, -0.25) is 4.98 Å². The zero-order chi connectivity index (χ0) is 77.9. The van der Waals surface area contributed by atoms with Crippen LogP contribution >= 0.6 is 0 Å². The van der Waals surface area contributed by atoms with Crippen molar-refractivity contribution < 1.29 is 32.7 Å². The average molecular weight is 1500 g/mol. The van der Waals surface area contributed by atoms with Gasteiger partial charge in [0, 0.05) is 56.5 Å². The van der Waals surface area contributed by atoms with Crippen LogP contribution in [-0.2, 0) is 0 Å². The fourth-order valence-electron chi connectivity index (χ4n) is 16.0. The average Bonchev–Trinajstić information content (AvgIpc) is 0.721. The molecule has 0 unspecified atom stereocenters. The number of rotatable bonds is 13. The maximum atomic E-state index is 14.3. The van der Waals surface area contributed by atoms with Crippen LogP contribution in [0.15, 0.2) is 376 Å². The monoisotopic (exact) mass is 1500 g/mol. The van der Waals surface area contributed by atoms with Crippen molar-refractivity contribution in [3.8, 4) is 61.4 Å². The Morgan fingerprint density at radius 1 is 0.307 bits per heavy atom. The van der Waals surface area contributed by atoms with Gasteiger partial charge in [-0.05, 0) is 213 Å². The zero-order valence-electron chi connectivity index (χ0n) is 66.0. The summed E-state index contributed by atoms with van der Waals surface area (Å²) in [4.78, 5) is 8.45. The molecule has 0 aliphatic heterocycles. The Balaban J connectivity index is 0.000000162. The molecule has 19 aromatic rings. The fraction of sp³-hybridized carbons (Fsp3) is 0.0583. The molecule has 543 valence electrons. The van der Waals surface area contributed by atoms with E-state index in [1.165, 1.54) is 139 Å². The van der Waals surface area contributed by atoms with Gasteiger partial charge in [-0.2, -0.15) is 0 Å². The molecule has 11 heteroatoms. The second-order valence-corrected chi connectivity index (χ2v) is 40.7. The van der Waals surface area contributed by atoms with Crippen LogP contribution in [0.1, 0.15) is 0 Å². The Bertz CT molecular complexity index is 6370. The molecule has 0 N–H and O–H groups in total. The van der Waals surface area contributed by atoms with Gasteiger partial charge in [-0.15, -0.1) is 0 Å². The van der Waals surface area contributed by atoms with Crippen LogP contribution in [0.5, 0.6) is 5.75 Å². The van der Waals surface area contributed by atoms with E-state index in [4.69, 9.17) is 1.34 Å². The molecule has 0 saturated carbocycles. The summed E-state index contributed by atoms with van der Waals surface area (Å²) in [6.07, 6.45) is 1.63. The molecule has 114 heavy (non-hydrogen) atoms. The molecule has 1 aromatic heterocycles. The minimum Gasteiger partial charge on any atom is -0.871 e. The number of nitrogens with zero attached hydrogens (tertiary/aromatic N) is 3. The topological polar surface area (TPSA) is 42.4 Å². The van der Waals surface area contributed by atoms with E-state index in [2.05, 4.69) is 354 Å². The summed E-state index contributed by atoms with van der Waals surface area (Å²) < 4.78 is 33.8. The van der Waals surface area contributed by atoms with Gasteiger partial charge in [-0.1, -0.05) is 328 Å². The molecule has 4 nitrogen and oxygen atoms in total. The first-order chi connectivity index (χ1) is 55.1. The predicted octanol–water partition coefficient (Wildman–Crippen LogP) is 23.7. The summed E-state index contributed by atoms with van der Waals surface area (Å²) in [5, 5.41) is 29.2. The van der Waals surface area contributed by atoms with Crippen LogP contribution in [0.4, 0.5) is 42.9 Å². The smallest absolute Gasteiger partial charge is 0.871 e. The van der Waals surface area contributed by atoms with Crippen molar-refractivity contribution in [2.24, 2.45) is 0 Å². The standard InChI is InChI=1S/C48H32.C46H42F2N2Si2.C9H7NO.BH.B.Li/c1-4-14-33(15-5-1)39-29-24-35-30-31-40(34-16-6-2-7-17-34)46(45(35)32-39)37-25-27-38(28-26-37)48-43-22-12-10-20-41(43)47(36-18-8-3-9-19-36)42-21-11-13-23-44(42)48;1-51(2,3)39-23-19-37(20-24-39)49(35-15-11-33(47)12-16-35)43-29-9-31-8-28-42-44(30-10-32-7-27-41(43)45(31)46(32)42)50(36-17-13-34(48)14-18-36)38-21-25-40(26-22-38)52(4,5)6;11-8-5-1-3-7-4-2-6-10-9(7)8;;;/h1-32H;7-30H,1-6H3;1-6,11H;1H;;/q;;;;;+1/p-1/i;;;1D;;. The van der Waals surface area contributed by atoms with E-state index in [-0.39, 0.29) is 44.7 Å². The van der Waals surface area contributed by atoms with Crippen LogP contribution in [0.25, 0.3) is 131 Å². The molecule has 0 bridgehead atoms. The van der Waals surface area contributed by atoms with Crippen molar-refractivity contribution in [2.75, 3.05) is 9.80 Å². The molecule has 0 aliphatic rings. The Hall–Kier alpha value is -12.4. The second-order valence-electron chi connectivity index (χ2n) is 30.6. The third-order valence-corrected chi connectivity index (χ3v) is 25.6. The third-order valence-electron chi connectivity index (χ3n) is 21.5. The van der Waals surface area contributed by atoms with Crippen molar-refractivity contribution in [3.63, 3.8) is 0 Å². The minimum absolute atomic E-state index is 0. The van der Waals surface area contributed by atoms with Gasteiger partial charge in [0.15, 0.2) is 0 Å².